The monoisotopic (exact) mass is 393 g/mol. The molecule has 2 aliphatic rings. The van der Waals surface area contributed by atoms with Crippen molar-refractivity contribution in [1.82, 2.24) is 20.2 Å². The lowest BCUT2D eigenvalue weighted by atomic mass is 9.87. The van der Waals surface area contributed by atoms with Crippen LogP contribution >= 0.6 is 0 Å². The van der Waals surface area contributed by atoms with E-state index < -0.39 is 5.67 Å². The van der Waals surface area contributed by atoms with E-state index in [1.54, 1.807) is 41.7 Å². The number of piperidine rings is 1. The van der Waals surface area contributed by atoms with Crippen LogP contribution in [0.15, 0.2) is 47.7 Å². The molecular formula is C22H24FN5O. The number of halogens is 1. The summed E-state index contributed by atoms with van der Waals surface area (Å²) < 4.78 is 15.4. The molecule has 0 saturated carbocycles. The average molecular weight is 393 g/mol. The minimum atomic E-state index is -1.31. The lowest BCUT2D eigenvalue weighted by Crippen LogP contribution is -2.45. The number of aromatic nitrogens is 2. The number of allylic oxidation sites excluding steroid dienone is 1. The summed E-state index contributed by atoms with van der Waals surface area (Å²) in [5, 5.41) is 3.14. The second-order valence-corrected chi connectivity index (χ2v) is 7.57. The molecule has 2 aromatic heterocycles. The molecular weight excluding hydrogens is 369 g/mol. The number of likely N-dealkylation sites (tertiary alicyclic amines) is 1. The van der Waals surface area contributed by atoms with Crippen molar-refractivity contribution in [3.63, 3.8) is 0 Å². The summed E-state index contributed by atoms with van der Waals surface area (Å²) in [6, 6.07) is 7.35. The summed E-state index contributed by atoms with van der Waals surface area (Å²) in [6.45, 7) is 3.14. The minimum absolute atomic E-state index is 0.114. The fourth-order valence-electron chi connectivity index (χ4n) is 3.75. The zero-order valence-electron chi connectivity index (χ0n) is 16.4. The number of aryl methyl sites for hydroxylation is 1. The van der Waals surface area contributed by atoms with Crippen molar-refractivity contribution in [2.45, 2.75) is 31.9 Å². The summed E-state index contributed by atoms with van der Waals surface area (Å²) in [6.07, 6.45) is 7.87. The molecule has 1 N–H and O–H groups in total. The first kappa shape index (κ1) is 19.2. The third-order valence-electron chi connectivity index (χ3n) is 5.44. The fraction of sp³-hybridized carbons (Fsp3) is 0.364. The number of carbonyl (C=O) groups is 1. The summed E-state index contributed by atoms with van der Waals surface area (Å²) in [7, 11) is 0. The van der Waals surface area contributed by atoms with Gasteiger partial charge >= 0.3 is 0 Å². The molecule has 4 heterocycles. The Labute approximate surface area is 169 Å². The van der Waals surface area contributed by atoms with Gasteiger partial charge in [-0.15, -0.1) is 0 Å². The number of amides is 1. The van der Waals surface area contributed by atoms with Crippen LogP contribution in [0.3, 0.4) is 0 Å². The van der Waals surface area contributed by atoms with Gasteiger partial charge in [0.15, 0.2) is 0 Å². The average Bonchev–Trinajstić information content (AvgIpc) is 2.76. The largest absolute Gasteiger partial charge is 0.364 e. The predicted molar refractivity (Wildman–Crippen MR) is 110 cm³/mol. The maximum atomic E-state index is 15.4. The van der Waals surface area contributed by atoms with E-state index in [-0.39, 0.29) is 5.91 Å². The fourth-order valence-corrected chi connectivity index (χ4v) is 3.75. The summed E-state index contributed by atoms with van der Waals surface area (Å²) >= 11 is 0. The molecule has 4 rings (SSSR count). The first-order chi connectivity index (χ1) is 14.0. The van der Waals surface area contributed by atoms with Crippen molar-refractivity contribution in [2.24, 2.45) is 4.99 Å². The lowest BCUT2D eigenvalue weighted by molar-refractivity contribution is 0.0436. The van der Waals surface area contributed by atoms with E-state index in [0.29, 0.717) is 50.3 Å². The van der Waals surface area contributed by atoms with Crippen molar-refractivity contribution >= 4 is 17.8 Å². The van der Waals surface area contributed by atoms with E-state index in [0.717, 1.165) is 17.0 Å². The number of nitrogens with zero attached hydrogens (tertiary/aromatic N) is 4. The highest BCUT2D eigenvalue weighted by atomic mass is 19.1. The molecule has 1 fully saturated rings. The Kier molecular flexibility index (Phi) is 5.38. The van der Waals surface area contributed by atoms with E-state index in [1.165, 1.54) is 0 Å². The van der Waals surface area contributed by atoms with Gasteiger partial charge in [-0.1, -0.05) is 6.07 Å². The number of aliphatic imine (C=N–C) groups is 1. The molecule has 150 valence electrons. The van der Waals surface area contributed by atoms with Crippen LogP contribution in [-0.2, 0) is 6.42 Å². The van der Waals surface area contributed by atoms with Gasteiger partial charge in [0, 0.05) is 43.8 Å². The van der Waals surface area contributed by atoms with Crippen LogP contribution in [0.2, 0.25) is 0 Å². The van der Waals surface area contributed by atoms with Gasteiger partial charge in [-0.05, 0) is 49.6 Å². The minimum Gasteiger partial charge on any atom is -0.364 e. The Morgan fingerprint density at radius 1 is 1.24 bits per heavy atom. The molecule has 2 aliphatic heterocycles. The molecule has 0 bridgehead atoms. The maximum Gasteiger partial charge on any atom is 0.256 e. The Morgan fingerprint density at radius 2 is 2.07 bits per heavy atom. The molecule has 1 amide bonds. The SMILES string of the molecule is Cc1ccc(CC2(F)CCN(C(=O)c3cccnc3C3=CC=NCN3)CC2)cn1. The van der Waals surface area contributed by atoms with Gasteiger partial charge in [-0.25, -0.2) is 4.39 Å². The molecule has 0 radical (unpaired) electrons. The molecule has 0 spiro atoms. The first-order valence-electron chi connectivity index (χ1n) is 9.83. The predicted octanol–water partition coefficient (Wildman–Crippen LogP) is 2.94. The van der Waals surface area contributed by atoms with Gasteiger partial charge in [0.2, 0.25) is 0 Å². The zero-order valence-corrected chi connectivity index (χ0v) is 16.4. The number of pyridine rings is 2. The van der Waals surface area contributed by atoms with Crippen LogP contribution in [0.5, 0.6) is 0 Å². The van der Waals surface area contributed by atoms with Crippen LogP contribution in [0.25, 0.3) is 5.70 Å². The third kappa shape index (κ3) is 4.34. The van der Waals surface area contributed by atoms with E-state index in [1.807, 2.05) is 19.1 Å². The Morgan fingerprint density at radius 3 is 2.76 bits per heavy atom. The number of carbonyl (C=O) groups excluding carboxylic acids is 1. The van der Waals surface area contributed by atoms with Crippen LogP contribution in [0, 0.1) is 6.92 Å². The van der Waals surface area contributed by atoms with Crippen molar-refractivity contribution in [1.29, 1.82) is 0 Å². The van der Waals surface area contributed by atoms with E-state index >= 15 is 4.39 Å². The highest BCUT2D eigenvalue weighted by Crippen LogP contribution is 2.31. The van der Waals surface area contributed by atoms with Crippen LogP contribution < -0.4 is 5.32 Å². The number of rotatable bonds is 4. The smallest absolute Gasteiger partial charge is 0.256 e. The Balaban J connectivity index is 1.45. The molecule has 0 atom stereocenters. The highest BCUT2D eigenvalue weighted by Gasteiger charge is 2.37. The van der Waals surface area contributed by atoms with Gasteiger partial charge in [0.25, 0.3) is 5.91 Å². The Hall–Kier alpha value is -3.09. The molecule has 2 aromatic rings. The van der Waals surface area contributed by atoms with Crippen molar-refractivity contribution in [2.75, 3.05) is 19.8 Å². The maximum absolute atomic E-state index is 15.4. The van der Waals surface area contributed by atoms with Gasteiger partial charge in [-0.2, -0.15) is 0 Å². The van der Waals surface area contributed by atoms with Crippen LogP contribution in [0.4, 0.5) is 4.39 Å². The molecule has 29 heavy (non-hydrogen) atoms. The first-order valence-corrected chi connectivity index (χ1v) is 9.83. The van der Waals surface area contributed by atoms with Crippen LogP contribution in [0.1, 0.15) is 40.2 Å². The quantitative estimate of drug-likeness (QED) is 0.867. The van der Waals surface area contributed by atoms with Crippen molar-refractivity contribution in [3.8, 4) is 0 Å². The molecule has 6 nitrogen and oxygen atoms in total. The highest BCUT2D eigenvalue weighted by molar-refractivity contribution is 5.99. The topological polar surface area (TPSA) is 70.5 Å². The second kappa shape index (κ2) is 8.11. The molecule has 0 unspecified atom stereocenters. The van der Waals surface area contributed by atoms with E-state index in [4.69, 9.17) is 0 Å². The molecule has 0 aromatic carbocycles. The summed E-state index contributed by atoms with van der Waals surface area (Å²) in [4.78, 5) is 27.6. The normalized spacial score (nSPS) is 18.1. The summed E-state index contributed by atoms with van der Waals surface area (Å²) in [5.74, 6) is -0.114. The number of hydrogen-bond acceptors (Lipinski definition) is 5. The van der Waals surface area contributed by atoms with E-state index in [2.05, 4.69) is 20.3 Å². The number of nitrogens with one attached hydrogen (secondary N) is 1. The molecule has 0 aliphatic carbocycles. The zero-order chi connectivity index (χ0) is 20.3. The Bertz CT molecular complexity index is 946. The number of hydrogen-bond donors (Lipinski definition) is 1. The van der Waals surface area contributed by atoms with Crippen LogP contribution in [-0.4, -0.2) is 52.4 Å². The summed E-state index contributed by atoms with van der Waals surface area (Å²) in [5.41, 5.74) is 2.40. The van der Waals surface area contributed by atoms with Gasteiger partial charge in [-0.3, -0.25) is 19.8 Å². The lowest BCUT2D eigenvalue weighted by Gasteiger charge is -2.36. The van der Waals surface area contributed by atoms with E-state index in [9.17, 15) is 4.79 Å². The third-order valence-corrected chi connectivity index (χ3v) is 5.44. The van der Waals surface area contributed by atoms with Crippen molar-refractivity contribution < 1.29 is 9.18 Å². The molecule has 1 saturated heterocycles. The van der Waals surface area contributed by atoms with Gasteiger partial charge in [0.1, 0.15) is 12.3 Å². The van der Waals surface area contributed by atoms with Gasteiger partial charge in [0.05, 0.1) is 17.0 Å². The standard InChI is InChI=1S/C22H24FN5O/c1-16-4-5-17(14-26-16)13-22(23)7-11-28(12-8-22)21(29)18-3-2-9-25-20(18)19-6-10-24-15-27-19/h2-6,9-10,14,27H,7-8,11-13,15H2,1H3. The van der Waals surface area contributed by atoms with Crippen molar-refractivity contribution in [3.05, 3.63) is 65.2 Å². The van der Waals surface area contributed by atoms with Gasteiger partial charge < -0.3 is 10.2 Å². The second-order valence-electron chi connectivity index (χ2n) is 7.57. The molecule has 7 heteroatoms. The number of alkyl halides is 1.